The van der Waals surface area contributed by atoms with Crippen LogP contribution in [0.3, 0.4) is 0 Å². The zero-order valence-electron chi connectivity index (χ0n) is 7.11. The summed E-state index contributed by atoms with van der Waals surface area (Å²) in [4.78, 5) is 11.0. The number of rotatable bonds is 1. The van der Waals surface area contributed by atoms with E-state index < -0.39 is 5.56 Å². The standard InChI is InChI=1S/C9H11NO2/c1-3-4-8-5-7(2)6-9(11)10(8)12/h3-6,12H,1-2H3/b4-3+. The summed E-state index contributed by atoms with van der Waals surface area (Å²) in [6.45, 7) is 3.64. The summed E-state index contributed by atoms with van der Waals surface area (Å²) in [5, 5.41) is 9.21. The molecule has 1 N–H and O–H groups in total. The third-order valence-electron chi connectivity index (χ3n) is 1.52. The summed E-state index contributed by atoms with van der Waals surface area (Å²) in [6, 6.07) is 3.12. The second kappa shape index (κ2) is 3.26. The Morgan fingerprint density at radius 3 is 2.75 bits per heavy atom. The number of nitrogens with zero attached hydrogens (tertiary/aromatic N) is 1. The van der Waals surface area contributed by atoms with Crippen LogP contribution in [0.5, 0.6) is 0 Å². The number of hydrogen-bond acceptors (Lipinski definition) is 2. The molecule has 0 radical (unpaired) electrons. The molecule has 0 bridgehead atoms. The van der Waals surface area contributed by atoms with Crippen molar-refractivity contribution < 1.29 is 5.21 Å². The Kier molecular flexibility index (Phi) is 2.33. The van der Waals surface area contributed by atoms with E-state index in [9.17, 15) is 10.0 Å². The van der Waals surface area contributed by atoms with Gasteiger partial charge in [0.15, 0.2) is 0 Å². The highest BCUT2D eigenvalue weighted by molar-refractivity contribution is 5.45. The molecule has 1 rings (SSSR count). The smallest absolute Gasteiger partial charge is 0.283 e. The van der Waals surface area contributed by atoms with Gasteiger partial charge in [-0.05, 0) is 31.6 Å². The van der Waals surface area contributed by atoms with Crippen LogP contribution in [0.4, 0.5) is 0 Å². The van der Waals surface area contributed by atoms with Gasteiger partial charge in [0, 0.05) is 6.07 Å². The zero-order valence-corrected chi connectivity index (χ0v) is 7.11. The molecule has 0 atom stereocenters. The van der Waals surface area contributed by atoms with Crippen LogP contribution in [-0.4, -0.2) is 9.94 Å². The Morgan fingerprint density at radius 1 is 1.50 bits per heavy atom. The van der Waals surface area contributed by atoms with Gasteiger partial charge in [-0.25, -0.2) is 0 Å². The second-order valence-corrected chi connectivity index (χ2v) is 2.61. The molecule has 0 amide bonds. The molecule has 1 heterocycles. The summed E-state index contributed by atoms with van der Waals surface area (Å²) in [7, 11) is 0. The molecule has 0 saturated carbocycles. The average molecular weight is 165 g/mol. The molecule has 0 aliphatic carbocycles. The van der Waals surface area contributed by atoms with E-state index in [4.69, 9.17) is 0 Å². The van der Waals surface area contributed by atoms with Crippen molar-refractivity contribution >= 4 is 6.08 Å². The Labute approximate surface area is 70.5 Å². The Bertz CT molecular complexity index is 363. The van der Waals surface area contributed by atoms with Crippen molar-refractivity contribution in [2.24, 2.45) is 0 Å². The lowest BCUT2D eigenvalue weighted by Crippen LogP contribution is -2.18. The number of aromatic nitrogens is 1. The third-order valence-corrected chi connectivity index (χ3v) is 1.52. The normalized spacial score (nSPS) is 10.8. The molecule has 64 valence electrons. The highest BCUT2D eigenvalue weighted by Gasteiger charge is 1.98. The lowest BCUT2D eigenvalue weighted by molar-refractivity contribution is 0.172. The van der Waals surface area contributed by atoms with Crippen molar-refractivity contribution in [3.05, 3.63) is 39.8 Å². The Balaban J connectivity index is 3.37. The summed E-state index contributed by atoms with van der Waals surface area (Å²) in [6.07, 6.45) is 3.44. The van der Waals surface area contributed by atoms with Crippen molar-refractivity contribution in [2.45, 2.75) is 13.8 Å². The molecule has 0 unspecified atom stereocenters. The van der Waals surface area contributed by atoms with E-state index in [1.807, 2.05) is 13.8 Å². The summed E-state index contributed by atoms with van der Waals surface area (Å²) < 4.78 is 0.632. The largest absolute Gasteiger partial charge is 0.425 e. The van der Waals surface area contributed by atoms with Crippen molar-refractivity contribution in [1.82, 2.24) is 4.73 Å². The van der Waals surface area contributed by atoms with Crippen molar-refractivity contribution in [3.8, 4) is 0 Å². The fourth-order valence-electron chi connectivity index (χ4n) is 1.01. The van der Waals surface area contributed by atoms with Gasteiger partial charge in [0.05, 0.1) is 5.69 Å². The molecule has 0 fully saturated rings. The van der Waals surface area contributed by atoms with Gasteiger partial charge in [0.2, 0.25) is 0 Å². The van der Waals surface area contributed by atoms with Crippen LogP contribution in [0.1, 0.15) is 18.2 Å². The second-order valence-electron chi connectivity index (χ2n) is 2.61. The molecule has 1 aromatic rings. The van der Waals surface area contributed by atoms with Gasteiger partial charge in [0.1, 0.15) is 0 Å². The van der Waals surface area contributed by atoms with E-state index in [2.05, 4.69) is 0 Å². The molecular formula is C9H11NO2. The number of aryl methyl sites for hydroxylation is 1. The molecule has 0 aliphatic heterocycles. The quantitative estimate of drug-likeness (QED) is 0.639. The highest BCUT2D eigenvalue weighted by atomic mass is 16.5. The van der Waals surface area contributed by atoms with Gasteiger partial charge in [-0.15, -0.1) is 4.73 Å². The monoisotopic (exact) mass is 165 g/mol. The molecule has 0 aromatic carbocycles. The lowest BCUT2D eigenvalue weighted by Gasteiger charge is -2.01. The molecule has 12 heavy (non-hydrogen) atoms. The van der Waals surface area contributed by atoms with Crippen molar-refractivity contribution in [1.29, 1.82) is 0 Å². The maximum Gasteiger partial charge on any atom is 0.283 e. The van der Waals surface area contributed by atoms with Gasteiger partial charge in [-0.1, -0.05) is 6.08 Å². The number of pyridine rings is 1. The van der Waals surface area contributed by atoms with E-state index in [0.717, 1.165) is 5.56 Å². The van der Waals surface area contributed by atoms with Crippen LogP contribution in [0.15, 0.2) is 23.0 Å². The molecule has 1 aromatic heterocycles. The minimum absolute atomic E-state index is 0.400. The predicted octanol–water partition coefficient (Wildman–Crippen LogP) is 1.43. The molecule has 3 nitrogen and oxygen atoms in total. The average Bonchev–Trinajstić information content (AvgIpc) is 2.00. The van der Waals surface area contributed by atoms with E-state index in [1.54, 1.807) is 18.2 Å². The van der Waals surface area contributed by atoms with E-state index in [0.29, 0.717) is 10.4 Å². The van der Waals surface area contributed by atoms with Crippen LogP contribution in [0, 0.1) is 6.92 Å². The Morgan fingerprint density at radius 2 is 2.17 bits per heavy atom. The van der Waals surface area contributed by atoms with Gasteiger partial charge < -0.3 is 5.21 Å². The number of hydrogen-bond donors (Lipinski definition) is 1. The van der Waals surface area contributed by atoms with E-state index in [-0.39, 0.29) is 0 Å². The molecular weight excluding hydrogens is 154 g/mol. The molecule has 0 spiro atoms. The topological polar surface area (TPSA) is 42.2 Å². The van der Waals surface area contributed by atoms with Crippen LogP contribution in [0.2, 0.25) is 0 Å². The van der Waals surface area contributed by atoms with Crippen molar-refractivity contribution in [2.75, 3.05) is 0 Å². The summed E-state index contributed by atoms with van der Waals surface area (Å²) >= 11 is 0. The fourth-order valence-corrected chi connectivity index (χ4v) is 1.01. The molecule has 0 saturated heterocycles. The maximum atomic E-state index is 11.0. The molecule has 3 heteroatoms. The first-order valence-electron chi connectivity index (χ1n) is 3.71. The van der Waals surface area contributed by atoms with E-state index in [1.165, 1.54) is 6.07 Å². The zero-order chi connectivity index (χ0) is 9.14. The fraction of sp³-hybridized carbons (Fsp3) is 0.222. The minimum Gasteiger partial charge on any atom is -0.425 e. The predicted molar refractivity (Wildman–Crippen MR) is 47.3 cm³/mol. The molecule has 0 aliphatic rings. The summed E-state index contributed by atoms with van der Waals surface area (Å²) in [5.41, 5.74) is 0.948. The first-order valence-corrected chi connectivity index (χ1v) is 3.71. The van der Waals surface area contributed by atoms with Crippen LogP contribution in [0.25, 0.3) is 6.08 Å². The van der Waals surface area contributed by atoms with Crippen LogP contribution >= 0.6 is 0 Å². The first-order chi connectivity index (χ1) is 5.65. The van der Waals surface area contributed by atoms with Crippen LogP contribution < -0.4 is 5.56 Å². The van der Waals surface area contributed by atoms with Gasteiger partial charge in [-0.3, -0.25) is 4.79 Å². The summed E-state index contributed by atoms with van der Waals surface area (Å²) in [5.74, 6) is 0. The van der Waals surface area contributed by atoms with Gasteiger partial charge in [-0.2, -0.15) is 0 Å². The highest BCUT2D eigenvalue weighted by Crippen LogP contribution is 2.01. The first kappa shape index (κ1) is 8.59. The third kappa shape index (κ3) is 1.56. The van der Waals surface area contributed by atoms with E-state index >= 15 is 0 Å². The van der Waals surface area contributed by atoms with Gasteiger partial charge >= 0.3 is 0 Å². The SMILES string of the molecule is C/C=C/c1cc(C)cc(=O)n1O. The van der Waals surface area contributed by atoms with Crippen LogP contribution in [-0.2, 0) is 0 Å². The maximum absolute atomic E-state index is 11.0. The van der Waals surface area contributed by atoms with Gasteiger partial charge in [0.25, 0.3) is 5.56 Å². The van der Waals surface area contributed by atoms with Crippen molar-refractivity contribution in [3.63, 3.8) is 0 Å². The Hall–Kier alpha value is -1.51. The minimum atomic E-state index is -0.400. The number of allylic oxidation sites excluding steroid dienone is 1. The lowest BCUT2D eigenvalue weighted by atomic mass is 10.2.